The minimum absolute atomic E-state index is 0.248. The molecule has 1 aliphatic rings. The molecule has 3 heterocycles. The first-order valence-electron chi connectivity index (χ1n) is 12.5. The molecule has 0 saturated carbocycles. The summed E-state index contributed by atoms with van der Waals surface area (Å²) in [5.74, 6) is -0.754. The van der Waals surface area contributed by atoms with E-state index in [1.165, 1.54) is 6.07 Å². The quantitative estimate of drug-likeness (QED) is 0.250. The van der Waals surface area contributed by atoms with Gasteiger partial charge in [-0.25, -0.2) is 4.39 Å². The van der Waals surface area contributed by atoms with Crippen LogP contribution in [0.15, 0.2) is 66.9 Å². The molecule has 1 fully saturated rings. The maximum Gasteiger partial charge on any atom is 0.256 e. The van der Waals surface area contributed by atoms with Crippen molar-refractivity contribution in [2.45, 2.75) is 6.92 Å². The number of carbonyl (C=O) groups is 1. The van der Waals surface area contributed by atoms with Crippen molar-refractivity contribution in [3.05, 3.63) is 94.0 Å². The van der Waals surface area contributed by atoms with Gasteiger partial charge in [-0.3, -0.25) is 14.8 Å². The highest BCUT2D eigenvalue weighted by Crippen LogP contribution is 2.42. The number of halogens is 3. The van der Waals surface area contributed by atoms with Gasteiger partial charge in [0.1, 0.15) is 5.82 Å². The van der Waals surface area contributed by atoms with Gasteiger partial charge in [-0.15, -0.1) is 0 Å². The number of morpholine rings is 1. The zero-order valence-corrected chi connectivity index (χ0v) is 22.5. The molecule has 1 saturated heterocycles. The SMILES string of the molecule is Cc1cc(C(=O)Nc2cnc3c(-c4cccc(Cl)c4Cl)c(F)ccc3c2N2CCOCC2)c2ccccc2n1. The summed E-state index contributed by atoms with van der Waals surface area (Å²) < 4.78 is 20.9. The highest BCUT2D eigenvalue weighted by molar-refractivity contribution is 6.44. The Labute approximate surface area is 234 Å². The lowest BCUT2D eigenvalue weighted by Crippen LogP contribution is -2.37. The first kappa shape index (κ1) is 25.5. The van der Waals surface area contributed by atoms with Gasteiger partial charge in [0.2, 0.25) is 0 Å². The zero-order chi connectivity index (χ0) is 27.1. The molecule has 1 aliphatic heterocycles. The molecule has 9 heteroatoms. The molecule has 0 unspecified atom stereocenters. The van der Waals surface area contributed by atoms with Crippen molar-refractivity contribution in [2.75, 3.05) is 36.5 Å². The summed E-state index contributed by atoms with van der Waals surface area (Å²) >= 11 is 12.8. The van der Waals surface area contributed by atoms with E-state index >= 15 is 4.39 Å². The monoisotopic (exact) mass is 560 g/mol. The molecule has 2 aromatic heterocycles. The van der Waals surface area contributed by atoms with E-state index in [1.807, 2.05) is 31.2 Å². The largest absolute Gasteiger partial charge is 0.378 e. The number of rotatable bonds is 4. The molecule has 1 amide bonds. The molecule has 0 bridgehead atoms. The molecule has 1 N–H and O–H groups in total. The molecule has 6 rings (SSSR count). The minimum Gasteiger partial charge on any atom is -0.378 e. The Hall–Kier alpha value is -3.78. The van der Waals surface area contributed by atoms with Crippen LogP contribution >= 0.6 is 23.2 Å². The van der Waals surface area contributed by atoms with E-state index in [0.717, 1.165) is 22.3 Å². The summed E-state index contributed by atoms with van der Waals surface area (Å²) in [4.78, 5) is 25.0. The number of aromatic nitrogens is 2. The molecule has 5 aromatic rings. The fourth-order valence-electron chi connectivity index (χ4n) is 5.08. The Morgan fingerprint density at radius 1 is 1.03 bits per heavy atom. The number of anilines is 2. The summed E-state index contributed by atoms with van der Waals surface area (Å²) in [6, 6.07) is 17.5. The van der Waals surface area contributed by atoms with Crippen LogP contribution in [0, 0.1) is 12.7 Å². The molecule has 0 radical (unpaired) electrons. The molecule has 6 nitrogen and oxygen atoms in total. The fourth-order valence-corrected chi connectivity index (χ4v) is 5.48. The number of ether oxygens (including phenoxy) is 1. The van der Waals surface area contributed by atoms with E-state index in [1.54, 1.807) is 36.5 Å². The van der Waals surface area contributed by atoms with Gasteiger partial charge in [0, 0.05) is 40.7 Å². The Balaban J connectivity index is 1.53. The summed E-state index contributed by atoms with van der Waals surface area (Å²) in [5.41, 5.74) is 4.37. The summed E-state index contributed by atoms with van der Waals surface area (Å²) in [5, 5.41) is 5.08. The lowest BCUT2D eigenvalue weighted by atomic mass is 9.99. The molecule has 0 aliphatic carbocycles. The molecule has 0 spiro atoms. The molecule has 196 valence electrons. The number of carbonyl (C=O) groups excluding carboxylic acids is 1. The molecule has 3 aromatic carbocycles. The van der Waals surface area contributed by atoms with Crippen LogP contribution in [0.5, 0.6) is 0 Å². The number of amides is 1. The first-order chi connectivity index (χ1) is 18.9. The normalized spacial score (nSPS) is 13.7. The van der Waals surface area contributed by atoms with E-state index in [9.17, 15) is 4.79 Å². The lowest BCUT2D eigenvalue weighted by molar-refractivity contribution is 0.102. The van der Waals surface area contributed by atoms with Crippen LogP contribution in [0.1, 0.15) is 16.1 Å². The molecule has 0 atom stereocenters. The maximum absolute atomic E-state index is 15.4. The Kier molecular flexibility index (Phi) is 6.81. The number of benzene rings is 3. The second-order valence-corrected chi connectivity index (χ2v) is 10.1. The van der Waals surface area contributed by atoms with Gasteiger partial charge >= 0.3 is 0 Å². The van der Waals surface area contributed by atoms with Crippen molar-refractivity contribution in [1.82, 2.24) is 9.97 Å². The Morgan fingerprint density at radius 2 is 1.82 bits per heavy atom. The third kappa shape index (κ3) is 4.67. The standard InChI is InChI=1S/C30H23Cl2FN4O2/c1-17-15-21(18-5-2-3-8-24(18)35-17)30(38)36-25-16-34-28-20(29(25)37-11-13-39-14-12-37)9-10-23(33)26(28)19-6-4-7-22(31)27(19)32/h2-10,15-16H,11-14H2,1H3,(H,36,38). The Morgan fingerprint density at radius 3 is 2.64 bits per heavy atom. The van der Waals surface area contributed by atoms with Gasteiger partial charge in [-0.05, 0) is 37.3 Å². The third-order valence-electron chi connectivity index (χ3n) is 6.85. The second-order valence-electron chi connectivity index (χ2n) is 9.32. The van der Waals surface area contributed by atoms with Crippen molar-refractivity contribution in [1.29, 1.82) is 0 Å². The van der Waals surface area contributed by atoms with Gasteiger partial charge in [-0.2, -0.15) is 0 Å². The smallest absolute Gasteiger partial charge is 0.256 e. The highest BCUT2D eigenvalue weighted by atomic mass is 35.5. The van der Waals surface area contributed by atoms with Crippen LogP contribution in [0.4, 0.5) is 15.8 Å². The summed E-state index contributed by atoms with van der Waals surface area (Å²) in [7, 11) is 0. The maximum atomic E-state index is 15.4. The topological polar surface area (TPSA) is 67.4 Å². The van der Waals surface area contributed by atoms with Crippen LogP contribution in [-0.2, 0) is 4.74 Å². The summed E-state index contributed by atoms with van der Waals surface area (Å²) in [6.07, 6.45) is 1.57. The Bertz CT molecular complexity index is 1760. The van der Waals surface area contributed by atoms with Crippen LogP contribution in [-0.4, -0.2) is 42.2 Å². The molecule has 39 heavy (non-hydrogen) atoms. The van der Waals surface area contributed by atoms with Crippen LogP contribution in [0.25, 0.3) is 32.9 Å². The predicted octanol–water partition coefficient (Wildman–Crippen LogP) is 7.29. The van der Waals surface area contributed by atoms with E-state index < -0.39 is 5.82 Å². The second kappa shape index (κ2) is 10.4. The van der Waals surface area contributed by atoms with E-state index in [-0.39, 0.29) is 16.5 Å². The van der Waals surface area contributed by atoms with Crippen molar-refractivity contribution in [2.24, 2.45) is 0 Å². The first-order valence-corrected chi connectivity index (χ1v) is 13.2. The summed E-state index contributed by atoms with van der Waals surface area (Å²) in [6.45, 7) is 4.12. The number of aryl methyl sites for hydroxylation is 1. The average Bonchev–Trinajstić information content (AvgIpc) is 2.94. The van der Waals surface area contributed by atoms with Crippen molar-refractivity contribution < 1.29 is 13.9 Å². The zero-order valence-electron chi connectivity index (χ0n) is 21.0. The number of para-hydroxylation sites is 1. The molecular formula is C30H23Cl2FN4O2. The third-order valence-corrected chi connectivity index (χ3v) is 7.66. The van der Waals surface area contributed by atoms with E-state index in [4.69, 9.17) is 27.9 Å². The van der Waals surface area contributed by atoms with Gasteiger partial charge in [0.05, 0.1) is 57.4 Å². The number of nitrogens with one attached hydrogen (secondary N) is 1. The van der Waals surface area contributed by atoms with Gasteiger partial charge in [0.15, 0.2) is 0 Å². The van der Waals surface area contributed by atoms with Crippen LogP contribution in [0.3, 0.4) is 0 Å². The number of fused-ring (bicyclic) bond motifs is 2. The van der Waals surface area contributed by atoms with E-state index in [2.05, 4.69) is 20.2 Å². The van der Waals surface area contributed by atoms with Crippen LogP contribution in [0.2, 0.25) is 10.0 Å². The lowest BCUT2D eigenvalue weighted by Gasteiger charge is -2.31. The van der Waals surface area contributed by atoms with Crippen LogP contribution < -0.4 is 10.2 Å². The van der Waals surface area contributed by atoms with Crippen molar-refractivity contribution >= 4 is 62.3 Å². The predicted molar refractivity (Wildman–Crippen MR) is 155 cm³/mol. The minimum atomic E-state index is -0.470. The number of nitrogens with zero attached hydrogens (tertiary/aromatic N) is 3. The van der Waals surface area contributed by atoms with Gasteiger partial charge < -0.3 is 15.0 Å². The van der Waals surface area contributed by atoms with Gasteiger partial charge in [-0.1, -0.05) is 53.5 Å². The van der Waals surface area contributed by atoms with Crippen molar-refractivity contribution in [3.8, 4) is 11.1 Å². The average molecular weight is 561 g/mol. The number of pyridine rings is 2. The van der Waals surface area contributed by atoms with Crippen molar-refractivity contribution in [3.63, 3.8) is 0 Å². The number of hydrogen-bond donors (Lipinski definition) is 1. The molecular weight excluding hydrogens is 538 g/mol. The van der Waals surface area contributed by atoms with E-state index in [0.29, 0.717) is 59.0 Å². The highest BCUT2D eigenvalue weighted by Gasteiger charge is 2.24. The number of hydrogen-bond acceptors (Lipinski definition) is 5. The fraction of sp³-hybridized carbons (Fsp3) is 0.167. The van der Waals surface area contributed by atoms with Gasteiger partial charge in [0.25, 0.3) is 5.91 Å².